The Morgan fingerprint density at radius 1 is 1.36 bits per heavy atom. The predicted molar refractivity (Wildman–Crippen MR) is 79.9 cm³/mol. The van der Waals surface area contributed by atoms with E-state index in [1.807, 2.05) is 0 Å². The highest BCUT2D eigenvalue weighted by molar-refractivity contribution is 8.00. The van der Waals surface area contributed by atoms with Crippen LogP contribution in [0.15, 0.2) is 35.6 Å². The van der Waals surface area contributed by atoms with Crippen molar-refractivity contribution < 1.29 is 9.18 Å². The van der Waals surface area contributed by atoms with Crippen molar-refractivity contribution in [1.29, 1.82) is 0 Å². The van der Waals surface area contributed by atoms with Gasteiger partial charge in [-0.2, -0.15) is 0 Å². The molecule has 0 fully saturated rings. The summed E-state index contributed by atoms with van der Waals surface area (Å²) in [5.41, 5.74) is 1.28. The zero-order valence-electron chi connectivity index (χ0n) is 11.5. The summed E-state index contributed by atoms with van der Waals surface area (Å²) in [6, 6.07) is 6.00. The Morgan fingerprint density at radius 2 is 2.18 bits per heavy atom. The number of halogens is 1. The lowest BCUT2D eigenvalue weighted by atomic mass is 10.3. The van der Waals surface area contributed by atoms with Crippen molar-refractivity contribution in [2.45, 2.75) is 5.03 Å². The SMILES string of the molecule is Cn1nnc2c(SCC(=O)Nc3ccccc3F)ncnc21. The molecule has 3 rings (SSSR count). The van der Waals surface area contributed by atoms with E-state index in [9.17, 15) is 9.18 Å². The first kappa shape index (κ1) is 14.4. The van der Waals surface area contributed by atoms with E-state index >= 15 is 0 Å². The van der Waals surface area contributed by atoms with Crippen LogP contribution in [0.5, 0.6) is 0 Å². The highest BCUT2D eigenvalue weighted by atomic mass is 32.2. The molecule has 0 saturated carbocycles. The number of anilines is 1. The van der Waals surface area contributed by atoms with Gasteiger partial charge in [-0.15, -0.1) is 5.10 Å². The molecule has 1 N–H and O–H groups in total. The molecule has 22 heavy (non-hydrogen) atoms. The molecule has 2 heterocycles. The fraction of sp³-hybridized carbons (Fsp3) is 0.154. The summed E-state index contributed by atoms with van der Waals surface area (Å²) >= 11 is 1.20. The number of hydrogen-bond donors (Lipinski definition) is 1. The van der Waals surface area contributed by atoms with E-state index in [1.54, 1.807) is 19.2 Å². The Balaban J connectivity index is 1.69. The number of thioether (sulfide) groups is 1. The predicted octanol–water partition coefficient (Wildman–Crippen LogP) is 1.63. The van der Waals surface area contributed by atoms with Crippen LogP contribution in [0, 0.1) is 5.82 Å². The lowest BCUT2D eigenvalue weighted by Crippen LogP contribution is -2.15. The first-order chi connectivity index (χ1) is 10.6. The number of carbonyl (C=O) groups excluding carboxylic acids is 1. The van der Waals surface area contributed by atoms with Gasteiger partial charge in [0, 0.05) is 7.05 Å². The topological polar surface area (TPSA) is 85.6 Å². The second kappa shape index (κ2) is 6.06. The molecule has 0 unspecified atom stereocenters. The molecule has 0 aliphatic heterocycles. The van der Waals surface area contributed by atoms with Crippen molar-refractivity contribution in [3.63, 3.8) is 0 Å². The number of aromatic nitrogens is 5. The van der Waals surface area contributed by atoms with E-state index in [2.05, 4.69) is 25.6 Å². The van der Waals surface area contributed by atoms with Crippen molar-refractivity contribution in [1.82, 2.24) is 25.0 Å². The molecule has 0 radical (unpaired) electrons. The molecule has 0 saturated heterocycles. The average molecular weight is 318 g/mol. The number of benzene rings is 1. The molecule has 0 aliphatic carbocycles. The monoisotopic (exact) mass is 318 g/mol. The van der Waals surface area contributed by atoms with E-state index in [0.717, 1.165) is 0 Å². The Bertz CT molecular complexity index is 836. The number of fused-ring (bicyclic) bond motifs is 1. The maximum atomic E-state index is 13.5. The van der Waals surface area contributed by atoms with Crippen molar-refractivity contribution in [2.24, 2.45) is 7.05 Å². The van der Waals surface area contributed by atoms with Gasteiger partial charge in [0.05, 0.1) is 11.4 Å². The number of nitrogens with zero attached hydrogens (tertiary/aromatic N) is 5. The summed E-state index contributed by atoms with van der Waals surface area (Å²) < 4.78 is 15.0. The van der Waals surface area contributed by atoms with Crippen LogP contribution >= 0.6 is 11.8 Å². The average Bonchev–Trinajstić information content (AvgIpc) is 2.90. The summed E-state index contributed by atoms with van der Waals surface area (Å²) in [5, 5.41) is 10.9. The Kier molecular flexibility index (Phi) is 3.96. The zero-order valence-corrected chi connectivity index (χ0v) is 12.3. The minimum atomic E-state index is -0.473. The third-order valence-corrected chi connectivity index (χ3v) is 3.82. The lowest BCUT2D eigenvalue weighted by Gasteiger charge is -2.05. The van der Waals surface area contributed by atoms with Crippen LogP contribution in [0.25, 0.3) is 11.2 Å². The van der Waals surface area contributed by atoms with Crippen LogP contribution in [0.3, 0.4) is 0 Å². The number of rotatable bonds is 4. The quantitative estimate of drug-likeness (QED) is 0.581. The summed E-state index contributed by atoms with van der Waals surface area (Å²) in [7, 11) is 1.72. The molecule has 1 aromatic carbocycles. The molecule has 0 spiro atoms. The first-order valence-electron chi connectivity index (χ1n) is 6.32. The van der Waals surface area contributed by atoms with Crippen LogP contribution in [0.2, 0.25) is 0 Å². The Labute approximate surface area is 128 Å². The summed E-state index contributed by atoms with van der Waals surface area (Å²) in [5.74, 6) is -0.721. The van der Waals surface area contributed by atoms with Crippen LogP contribution in [0.1, 0.15) is 0 Å². The normalized spacial score (nSPS) is 10.8. The first-order valence-corrected chi connectivity index (χ1v) is 7.31. The third kappa shape index (κ3) is 2.89. The highest BCUT2D eigenvalue weighted by Gasteiger charge is 2.13. The second-order valence-corrected chi connectivity index (χ2v) is 5.34. The van der Waals surface area contributed by atoms with E-state index in [-0.39, 0.29) is 17.3 Å². The van der Waals surface area contributed by atoms with E-state index in [1.165, 1.54) is 34.9 Å². The van der Waals surface area contributed by atoms with Crippen molar-refractivity contribution in [3.05, 3.63) is 36.4 Å². The summed E-state index contributed by atoms with van der Waals surface area (Å²) in [6.07, 6.45) is 1.39. The van der Waals surface area contributed by atoms with E-state index < -0.39 is 5.82 Å². The molecule has 7 nitrogen and oxygen atoms in total. The van der Waals surface area contributed by atoms with Gasteiger partial charge in [0.2, 0.25) is 5.91 Å². The van der Waals surface area contributed by atoms with Crippen LogP contribution < -0.4 is 5.32 Å². The summed E-state index contributed by atoms with van der Waals surface area (Å²) in [4.78, 5) is 20.1. The maximum Gasteiger partial charge on any atom is 0.234 e. The van der Waals surface area contributed by atoms with Gasteiger partial charge in [0.15, 0.2) is 11.2 Å². The molecule has 0 atom stereocenters. The van der Waals surface area contributed by atoms with Gasteiger partial charge < -0.3 is 5.32 Å². The molecule has 0 bridgehead atoms. The molecule has 3 aromatic rings. The second-order valence-electron chi connectivity index (χ2n) is 4.38. The Morgan fingerprint density at radius 3 is 3.00 bits per heavy atom. The fourth-order valence-corrected chi connectivity index (χ4v) is 2.55. The van der Waals surface area contributed by atoms with Gasteiger partial charge in [0.25, 0.3) is 0 Å². The smallest absolute Gasteiger partial charge is 0.234 e. The van der Waals surface area contributed by atoms with Crippen LogP contribution in [0.4, 0.5) is 10.1 Å². The molecular weight excluding hydrogens is 307 g/mol. The number of hydrogen-bond acceptors (Lipinski definition) is 6. The van der Waals surface area contributed by atoms with Gasteiger partial charge in [0.1, 0.15) is 17.2 Å². The molecular formula is C13H11FN6OS. The van der Waals surface area contributed by atoms with Crippen molar-refractivity contribution >= 4 is 34.5 Å². The molecule has 9 heteroatoms. The van der Waals surface area contributed by atoms with Gasteiger partial charge in [-0.25, -0.2) is 19.0 Å². The number of para-hydroxylation sites is 1. The molecule has 1 amide bonds. The Hall–Kier alpha value is -2.55. The maximum absolute atomic E-state index is 13.5. The zero-order chi connectivity index (χ0) is 15.5. The van der Waals surface area contributed by atoms with Gasteiger partial charge >= 0.3 is 0 Å². The van der Waals surface area contributed by atoms with Crippen molar-refractivity contribution in [3.8, 4) is 0 Å². The molecule has 2 aromatic heterocycles. The van der Waals surface area contributed by atoms with Crippen molar-refractivity contribution in [2.75, 3.05) is 11.1 Å². The number of carbonyl (C=O) groups is 1. The minimum absolute atomic E-state index is 0.0804. The standard InChI is InChI=1S/C13H11FN6OS/c1-20-12-11(18-19-20)13(16-7-15-12)22-6-10(21)17-9-5-3-2-4-8(9)14/h2-5,7H,6H2,1H3,(H,17,21). The highest BCUT2D eigenvalue weighted by Crippen LogP contribution is 2.22. The van der Waals surface area contributed by atoms with E-state index in [0.29, 0.717) is 16.2 Å². The van der Waals surface area contributed by atoms with Crippen LogP contribution in [-0.4, -0.2) is 36.6 Å². The summed E-state index contributed by atoms with van der Waals surface area (Å²) in [6.45, 7) is 0. The number of nitrogens with one attached hydrogen (secondary N) is 1. The van der Waals surface area contributed by atoms with Gasteiger partial charge in [-0.1, -0.05) is 29.1 Å². The molecule has 112 valence electrons. The minimum Gasteiger partial charge on any atom is -0.323 e. The number of amides is 1. The largest absolute Gasteiger partial charge is 0.323 e. The fourth-order valence-electron chi connectivity index (χ4n) is 1.82. The van der Waals surface area contributed by atoms with E-state index in [4.69, 9.17) is 0 Å². The molecule has 0 aliphatic rings. The van der Waals surface area contributed by atoms with Gasteiger partial charge in [-0.05, 0) is 12.1 Å². The third-order valence-electron chi connectivity index (χ3n) is 2.84. The lowest BCUT2D eigenvalue weighted by molar-refractivity contribution is -0.113. The van der Waals surface area contributed by atoms with Gasteiger partial charge in [-0.3, -0.25) is 4.79 Å². The number of aryl methyl sites for hydroxylation is 1. The van der Waals surface area contributed by atoms with Crippen LogP contribution in [-0.2, 0) is 11.8 Å².